The van der Waals surface area contributed by atoms with Gasteiger partial charge in [-0.25, -0.2) is 9.18 Å². The smallest absolute Gasteiger partial charge is 0.496 e. The summed E-state index contributed by atoms with van der Waals surface area (Å²) < 4.78 is 25.4. The fourth-order valence-corrected chi connectivity index (χ4v) is 4.13. The summed E-state index contributed by atoms with van der Waals surface area (Å²) in [5.74, 6) is -0.871. The second-order valence-corrected chi connectivity index (χ2v) is 7.85. The number of benzene rings is 3. The highest BCUT2D eigenvalue weighted by Gasteiger charge is 2.27. The van der Waals surface area contributed by atoms with Crippen LogP contribution in [0.15, 0.2) is 60.7 Å². The Labute approximate surface area is 196 Å². The third kappa shape index (κ3) is 5.18. The minimum absolute atomic E-state index is 0.0732. The number of nitrogens with zero attached hydrogens (tertiary/aromatic N) is 1. The summed E-state index contributed by atoms with van der Waals surface area (Å²) in [7, 11) is 1.50. The largest absolute Gasteiger partial charge is 0.528 e. The standard InChI is InChI=1S/C26H24FNO6/c1-32-23-9-5-8-18(14-24(29)30)25(23)20-10-11-22(27)19-12-13-28(15-21(19)20)34-26(31)33-16-17-6-3-2-4-7-17/h2-11H,12-16H2,1H3,(H,29,30). The number of methoxy groups -OCH3 is 1. The molecular formula is C26H24FNO6. The lowest BCUT2D eigenvalue weighted by molar-refractivity contribution is -0.139. The lowest BCUT2D eigenvalue weighted by Gasteiger charge is -2.29. The Hall–Kier alpha value is -3.91. The van der Waals surface area contributed by atoms with Gasteiger partial charge in [0.15, 0.2) is 0 Å². The van der Waals surface area contributed by atoms with Crippen molar-refractivity contribution in [2.24, 2.45) is 0 Å². The maximum absolute atomic E-state index is 14.7. The van der Waals surface area contributed by atoms with E-state index in [0.717, 1.165) is 5.56 Å². The number of hydrogen-bond donors (Lipinski definition) is 1. The van der Waals surface area contributed by atoms with E-state index in [0.29, 0.717) is 46.5 Å². The van der Waals surface area contributed by atoms with E-state index in [1.54, 1.807) is 24.3 Å². The molecule has 0 aliphatic carbocycles. The quantitative estimate of drug-likeness (QED) is 0.504. The zero-order valence-electron chi connectivity index (χ0n) is 18.6. The highest BCUT2D eigenvalue weighted by molar-refractivity contribution is 5.82. The molecule has 7 nitrogen and oxygen atoms in total. The normalized spacial score (nSPS) is 13.1. The van der Waals surface area contributed by atoms with E-state index in [1.165, 1.54) is 18.2 Å². The Balaban J connectivity index is 1.60. The van der Waals surface area contributed by atoms with E-state index >= 15 is 0 Å². The van der Waals surface area contributed by atoms with Crippen LogP contribution in [0.25, 0.3) is 11.1 Å². The van der Waals surface area contributed by atoms with Gasteiger partial charge in [0.2, 0.25) is 0 Å². The zero-order chi connectivity index (χ0) is 24.1. The van der Waals surface area contributed by atoms with E-state index in [2.05, 4.69) is 0 Å². The SMILES string of the molecule is COc1cccc(CC(=O)O)c1-c1ccc(F)c2c1CN(OC(=O)OCc1ccccc1)CC2. The van der Waals surface area contributed by atoms with Crippen LogP contribution in [0.2, 0.25) is 0 Å². The van der Waals surface area contributed by atoms with Crippen molar-refractivity contribution in [3.05, 3.63) is 88.7 Å². The van der Waals surface area contributed by atoms with Crippen molar-refractivity contribution in [3.63, 3.8) is 0 Å². The van der Waals surface area contributed by atoms with Crippen molar-refractivity contribution in [3.8, 4) is 16.9 Å². The van der Waals surface area contributed by atoms with Crippen LogP contribution in [0, 0.1) is 5.82 Å². The fraction of sp³-hybridized carbons (Fsp3) is 0.231. The Kier molecular flexibility index (Phi) is 7.08. The third-order valence-electron chi connectivity index (χ3n) is 5.67. The van der Waals surface area contributed by atoms with Gasteiger partial charge in [-0.3, -0.25) is 4.79 Å². The number of carbonyl (C=O) groups excluding carboxylic acids is 1. The number of fused-ring (bicyclic) bond motifs is 1. The van der Waals surface area contributed by atoms with E-state index in [4.69, 9.17) is 14.3 Å². The first kappa shape index (κ1) is 23.3. The van der Waals surface area contributed by atoms with Gasteiger partial charge in [0.25, 0.3) is 0 Å². The summed E-state index contributed by atoms with van der Waals surface area (Å²) >= 11 is 0. The molecule has 1 aliphatic rings. The number of carboxylic acids is 1. The molecule has 0 spiro atoms. The first-order valence-corrected chi connectivity index (χ1v) is 10.8. The summed E-state index contributed by atoms with van der Waals surface area (Å²) in [5.41, 5.74) is 3.70. The van der Waals surface area contributed by atoms with Gasteiger partial charge in [0.1, 0.15) is 18.2 Å². The Bertz CT molecular complexity index is 1200. The topological polar surface area (TPSA) is 85.3 Å². The Morgan fingerprint density at radius 3 is 2.56 bits per heavy atom. The highest BCUT2D eigenvalue weighted by Crippen LogP contribution is 2.39. The number of carbonyl (C=O) groups is 2. The average molecular weight is 465 g/mol. The molecule has 0 radical (unpaired) electrons. The number of hydroxylamine groups is 2. The molecule has 176 valence electrons. The molecule has 0 aromatic heterocycles. The summed E-state index contributed by atoms with van der Waals surface area (Å²) in [6.07, 6.45) is -0.760. The van der Waals surface area contributed by atoms with Gasteiger partial charge >= 0.3 is 12.1 Å². The van der Waals surface area contributed by atoms with Crippen molar-refractivity contribution in [1.82, 2.24) is 5.06 Å². The van der Waals surface area contributed by atoms with Gasteiger partial charge < -0.3 is 19.4 Å². The molecule has 1 aliphatic heterocycles. The first-order valence-electron chi connectivity index (χ1n) is 10.8. The molecule has 0 amide bonds. The van der Waals surface area contributed by atoms with Gasteiger partial charge in [-0.15, -0.1) is 5.06 Å². The molecule has 0 saturated heterocycles. The van der Waals surface area contributed by atoms with Crippen LogP contribution in [0.1, 0.15) is 22.3 Å². The summed E-state index contributed by atoms with van der Waals surface area (Å²) in [4.78, 5) is 29.1. The predicted octanol–water partition coefficient (Wildman–Crippen LogP) is 4.75. The van der Waals surface area contributed by atoms with Crippen molar-refractivity contribution in [1.29, 1.82) is 0 Å². The summed E-state index contributed by atoms with van der Waals surface area (Å²) in [6.45, 7) is 0.485. The van der Waals surface area contributed by atoms with Crippen LogP contribution >= 0.6 is 0 Å². The molecule has 3 aromatic carbocycles. The predicted molar refractivity (Wildman–Crippen MR) is 122 cm³/mol. The molecule has 0 saturated carbocycles. The molecular weight excluding hydrogens is 441 g/mol. The van der Waals surface area contributed by atoms with Crippen molar-refractivity contribution < 1.29 is 33.4 Å². The molecule has 0 bridgehead atoms. The van der Waals surface area contributed by atoms with E-state index in [9.17, 15) is 19.1 Å². The van der Waals surface area contributed by atoms with E-state index in [1.807, 2.05) is 30.3 Å². The van der Waals surface area contributed by atoms with Gasteiger partial charge in [-0.1, -0.05) is 48.5 Å². The van der Waals surface area contributed by atoms with Crippen LogP contribution in [0.5, 0.6) is 5.75 Å². The molecule has 3 aromatic rings. The molecule has 0 unspecified atom stereocenters. The molecule has 34 heavy (non-hydrogen) atoms. The second kappa shape index (κ2) is 10.4. The van der Waals surface area contributed by atoms with Crippen LogP contribution in [0.3, 0.4) is 0 Å². The minimum atomic E-state index is -0.989. The zero-order valence-corrected chi connectivity index (χ0v) is 18.6. The van der Waals surface area contributed by atoms with Crippen LogP contribution < -0.4 is 4.74 Å². The fourth-order valence-electron chi connectivity index (χ4n) is 4.13. The molecule has 0 fully saturated rings. The van der Waals surface area contributed by atoms with Crippen molar-refractivity contribution in [2.45, 2.75) is 26.0 Å². The number of aliphatic carboxylic acids is 1. The Morgan fingerprint density at radius 2 is 1.82 bits per heavy atom. The number of rotatable bonds is 7. The summed E-state index contributed by atoms with van der Waals surface area (Å²) in [5, 5.41) is 10.8. The molecule has 8 heteroatoms. The monoisotopic (exact) mass is 465 g/mol. The Morgan fingerprint density at radius 1 is 1.03 bits per heavy atom. The second-order valence-electron chi connectivity index (χ2n) is 7.85. The van der Waals surface area contributed by atoms with Crippen molar-refractivity contribution >= 4 is 12.1 Å². The molecule has 4 rings (SSSR count). The van der Waals surface area contributed by atoms with Gasteiger partial charge in [-0.05, 0) is 46.4 Å². The maximum atomic E-state index is 14.7. The maximum Gasteiger partial charge on any atom is 0.528 e. The number of hydrogen-bond acceptors (Lipinski definition) is 6. The van der Waals surface area contributed by atoms with Crippen LogP contribution in [0.4, 0.5) is 9.18 Å². The first-order chi connectivity index (χ1) is 16.5. The lowest BCUT2D eigenvalue weighted by Crippen LogP contribution is -2.34. The number of ether oxygens (including phenoxy) is 2. The lowest BCUT2D eigenvalue weighted by atomic mass is 9.88. The van der Waals surface area contributed by atoms with Crippen LogP contribution in [-0.4, -0.2) is 35.9 Å². The van der Waals surface area contributed by atoms with Crippen LogP contribution in [-0.2, 0) is 40.4 Å². The molecule has 1 heterocycles. The van der Waals surface area contributed by atoms with Crippen molar-refractivity contribution in [2.75, 3.05) is 13.7 Å². The third-order valence-corrected chi connectivity index (χ3v) is 5.67. The number of halogens is 1. The van der Waals surface area contributed by atoms with Gasteiger partial charge in [0, 0.05) is 12.1 Å². The summed E-state index contributed by atoms with van der Waals surface area (Å²) in [6, 6.07) is 17.4. The average Bonchev–Trinajstić information content (AvgIpc) is 2.83. The van der Waals surface area contributed by atoms with E-state index < -0.39 is 12.1 Å². The molecule has 1 N–H and O–H groups in total. The van der Waals surface area contributed by atoms with Gasteiger partial charge in [0.05, 0.1) is 20.1 Å². The van der Waals surface area contributed by atoms with Gasteiger partial charge in [-0.2, -0.15) is 0 Å². The minimum Gasteiger partial charge on any atom is -0.496 e. The van der Waals surface area contributed by atoms with E-state index in [-0.39, 0.29) is 25.4 Å². The highest BCUT2D eigenvalue weighted by atomic mass is 19.1. The number of carboxylic acid groups (broad SMARTS) is 1. The molecule has 0 atom stereocenters.